The molecule has 3 nitrogen and oxygen atoms in total. The molecule has 2 aromatic rings. The van der Waals surface area contributed by atoms with Gasteiger partial charge >= 0.3 is 0 Å². The van der Waals surface area contributed by atoms with Gasteiger partial charge in [0.25, 0.3) is 0 Å². The number of fused-ring (bicyclic) bond motifs is 2. The summed E-state index contributed by atoms with van der Waals surface area (Å²) in [7, 11) is 0. The van der Waals surface area contributed by atoms with E-state index in [1.54, 1.807) is 0 Å². The van der Waals surface area contributed by atoms with E-state index in [9.17, 15) is 4.79 Å². The third-order valence-electron chi connectivity index (χ3n) is 5.09. The quantitative estimate of drug-likeness (QED) is 0.761. The molecule has 0 bridgehead atoms. The van der Waals surface area contributed by atoms with Gasteiger partial charge in [0.05, 0.1) is 5.92 Å². The van der Waals surface area contributed by atoms with Crippen molar-refractivity contribution in [3.63, 3.8) is 0 Å². The third kappa shape index (κ3) is 2.79. The van der Waals surface area contributed by atoms with Gasteiger partial charge in [-0.25, -0.2) is 0 Å². The Morgan fingerprint density at radius 2 is 1.29 bits per heavy atom. The molecule has 0 atom stereocenters. The predicted molar refractivity (Wildman–Crippen MR) is 94.5 cm³/mol. The Labute approximate surface area is 143 Å². The van der Waals surface area contributed by atoms with Gasteiger partial charge in [0, 0.05) is 24.2 Å². The summed E-state index contributed by atoms with van der Waals surface area (Å²) in [5.41, 5.74) is 1.98. The van der Waals surface area contributed by atoms with Crippen LogP contribution >= 0.6 is 0 Å². The molecule has 0 unspecified atom stereocenters. The minimum absolute atomic E-state index is 0.222. The Morgan fingerprint density at radius 3 is 1.88 bits per heavy atom. The highest BCUT2D eigenvalue weighted by Crippen LogP contribution is 2.44. The van der Waals surface area contributed by atoms with Gasteiger partial charge in [-0.3, -0.25) is 4.79 Å². The molecule has 2 aliphatic heterocycles. The van der Waals surface area contributed by atoms with E-state index < -0.39 is 0 Å². The lowest BCUT2D eigenvalue weighted by molar-refractivity contribution is -0.132. The summed E-state index contributed by atoms with van der Waals surface area (Å²) in [6.45, 7) is 1.75. The molecule has 0 radical (unpaired) electrons. The average molecular weight is 321 g/mol. The van der Waals surface area contributed by atoms with Crippen LogP contribution in [0.1, 0.15) is 49.1 Å². The third-order valence-corrected chi connectivity index (χ3v) is 5.09. The van der Waals surface area contributed by atoms with E-state index in [1.165, 1.54) is 19.3 Å². The molecule has 2 aliphatic rings. The lowest BCUT2D eigenvalue weighted by Gasteiger charge is -2.33. The molecule has 1 fully saturated rings. The second kappa shape index (κ2) is 6.68. The van der Waals surface area contributed by atoms with Gasteiger partial charge < -0.3 is 9.64 Å². The zero-order valence-electron chi connectivity index (χ0n) is 13.9. The summed E-state index contributed by atoms with van der Waals surface area (Å²) in [6, 6.07) is 15.9. The number of carbonyl (C=O) groups excluding carboxylic acids is 1. The zero-order valence-corrected chi connectivity index (χ0v) is 13.9. The normalized spacial score (nSPS) is 17.9. The van der Waals surface area contributed by atoms with Crippen LogP contribution in [0.3, 0.4) is 0 Å². The lowest BCUT2D eigenvalue weighted by atomic mass is 9.86. The second-order valence-electron chi connectivity index (χ2n) is 6.70. The van der Waals surface area contributed by atoms with E-state index in [0.29, 0.717) is 0 Å². The topological polar surface area (TPSA) is 29.5 Å². The molecule has 4 rings (SSSR count). The van der Waals surface area contributed by atoms with Gasteiger partial charge in [0.15, 0.2) is 0 Å². The van der Waals surface area contributed by atoms with Crippen molar-refractivity contribution in [2.75, 3.05) is 13.1 Å². The Hall–Kier alpha value is -2.29. The molecule has 1 amide bonds. The zero-order chi connectivity index (χ0) is 16.4. The maximum Gasteiger partial charge on any atom is 0.234 e. The van der Waals surface area contributed by atoms with Crippen LogP contribution in [0.4, 0.5) is 0 Å². The Kier molecular flexibility index (Phi) is 4.24. The molecule has 1 saturated heterocycles. The van der Waals surface area contributed by atoms with Crippen LogP contribution in [0.15, 0.2) is 48.5 Å². The van der Waals surface area contributed by atoms with Crippen molar-refractivity contribution in [3.8, 4) is 11.5 Å². The standard InChI is InChI=1S/C21H23NO2/c23-21(22-14-8-2-1-3-9-15-22)20-16-10-4-6-12-18(16)24-19-13-7-5-11-17(19)20/h4-7,10-13,20H,1-3,8-9,14-15H2. The van der Waals surface area contributed by atoms with Crippen molar-refractivity contribution in [2.45, 2.75) is 38.0 Å². The van der Waals surface area contributed by atoms with Gasteiger partial charge in [0.2, 0.25) is 5.91 Å². The fraction of sp³-hybridized carbons (Fsp3) is 0.381. The summed E-state index contributed by atoms with van der Waals surface area (Å²) in [6.07, 6.45) is 5.97. The van der Waals surface area contributed by atoms with Gasteiger partial charge in [-0.15, -0.1) is 0 Å². The molecular weight excluding hydrogens is 298 g/mol. The molecule has 2 heterocycles. The lowest BCUT2D eigenvalue weighted by Crippen LogP contribution is -2.38. The molecule has 0 saturated carbocycles. The number of amides is 1. The summed E-state index contributed by atoms with van der Waals surface area (Å²) in [5, 5.41) is 0. The number of hydrogen-bond donors (Lipinski definition) is 0. The molecule has 24 heavy (non-hydrogen) atoms. The number of nitrogens with zero attached hydrogens (tertiary/aromatic N) is 1. The number of para-hydroxylation sites is 2. The highest BCUT2D eigenvalue weighted by Gasteiger charge is 2.34. The van der Waals surface area contributed by atoms with Crippen LogP contribution in [-0.2, 0) is 4.79 Å². The van der Waals surface area contributed by atoms with Crippen molar-refractivity contribution in [3.05, 3.63) is 59.7 Å². The van der Waals surface area contributed by atoms with E-state index in [-0.39, 0.29) is 11.8 Å². The predicted octanol–water partition coefficient (Wildman–Crippen LogP) is 4.72. The van der Waals surface area contributed by atoms with Crippen molar-refractivity contribution in [1.29, 1.82) is 0 Å². The molecule has 3 heteroatoms. The van der Waals surface area contributed by atoms with Gasteiger partial charge in [0.1, 0.15) is 11.5 Å². The highest BCUT2D eigenvalue weighted by molar-refractivity contribution is 5.89. The van der Waals surface area contributed by atoms with E-state index in [4.69, 9.17) is 4.74 Å². The Bertz CT molecular complexity index is 687. The van der Waals surface area contributed by atoms with Crippen molar-refractivity contribution in [1.82, 2.24) is 4.90 Å². The number of likely N-dealkylation sites (tertiary alicyclic amines) is 1. The summed E-state index contributed by atoms with van der Waals surface area (Å²) < 4.78 is 6.02. The maximum absolute atomic E-state index is 13.4. The number of carbonyl (C=O) groups is 1. The summed E-state index contributed by atoms with van der Waals surface area (Å²) >= 11 is 0. The van der Waals surface area contributed by atoms with Gasteiger partial charge in [-0.1, -0.05) is 55.7 Å². The van der Waals surface area contributed by atoms with Crippen molar-refractivity contribution in [2.24, 2.45) is 0 Å². The van der Waals surface area contributed by atoms with Crippen molar-refractivity contribution < 1.29 is 9.53 Å². The fourth-order valence-corrected chi connectivity index (χ4v) is 3.83. The molecule has 0 N–H and O–H groups in total. The van der Waals surface area contributed by atoms with Crippen LogP contribution in [-0.4, -0.2) is 23.9 Å². The summed E-state index contributed by atoms with van der Waals surface area (Å²) in [5.74, 6) is 1.59. The van der Waals surface area contributed by atoms with E-state index in [0.717, 1.165) is 48.6 Å². The monoisotopic (exact) mass is 321 g/mol. The van der Waals surface area contributed by atoms with E-state index >= 15 is 0 Å². The van der Waals surface area contributed by atoms with Crippen LogP contribution in [0.2, 0.25) is 0 Å². The number of benzene rings is 2. The van der Waals surface area contributed by atoms with Crippen LogP contribution in [0.5, 0.6) is 11.5 Å². The van der Waals surface area contributed by atoms with Crippen LogP contribution in [0.25, 0.3) is 0 Å². The highest BCUT2D eigenvalue weighted by atomic mass is 16.5. The second-order valence-corrected chi connectivity index (χ2v) is 6.70. The maximum atomic E-state index is 13.4. The summed E-state index contributed by atoms with van der Waals surface area (Å²) in [4.78, 5) is 15.5. The number of ether oxygens (including phenoxy) is 1. The van der Waals surface area contributed by atoms with Crippen molar-refractivity contribution >= 4 is 5.91 Å². The molecule has 0 spiro atoms. The first-order valence-corrected chi connectivity index (χ1v) is 8.99. The molecule has 0 aliphatic carbocycles. The largest absolute Gasteiger partial charge is 0.457 e. The first-order valence-electron chi connectivity index (χ1n) is 8.99. The Morgan fingerprint density at radius 1 is 0.792 bits per heavy atom. The smallest absolute Gasteiger partial charge is 0.234 e. The van der Waals surface area contributed by atoms with Crippen LogP contribution in [0, 0.1) is 0 Å². The molecule has 0 aromatic heterocycles. The number of hydrogen-bond acceptors (Lipinski definition) is 2. The fourth-order valence-electron chi connectivity index (χ4n) is 3.83. The minimum atomic E-state index is -0.245. The minimum Gasteiger partial charge on any atom is -0.457 e. The molecule has 124 valence electrons. The van der Waals surface area contributed by atoms with Gasteiger partial charge in [-0.05, 0) is 25.0 Å². The Balaban J connectivity index is 1.72. The first kappa shape index (κ1) is 15.3. The van der Waals surface area contributed by atoms with Crippen LogP contribution < -0.4 is 4.74 Å². The van der Waals surface area contributed by atoms with E-state index in [2.05, 4.69) is 4.90 Å². The number of rotatable bonds is 1. The van der Waals surface area contributed by atoms with E-state index in [1.807, 2.05) is 48.5 Å². The average Bonchev–Trinajstić information content (AvgIpc) is 2.59. The van der Waals surface area contributed by atoms with Gasteiger partial charge in [-0.2, -0.15) is 0 Å². The molecule has 2 aromatic carbocycles. The molecular formula is C21H23NO2. The first-order chi connectivity index (χ1) is 11.8. The SMILES string of the molecule is O=C(C1c2ccccc2Oc2ccccc21)N1CCCCCCC1.